The largest absolute Gasteiger partial charge is 0.496 e. The van der Waals surface area contributed by atoms with E-state index in [4.69, 9.17) is 4.74 Å². The number of methoxy groups -OCH3 is 1. The molecule has 0 spiro atoms. The summed E-state index contributed by atoms with van der Waals surface area (Å²) in [5.74, 6) is 1.14. The summed E-state index contributed by atoms with van der Waals surface area (Å²) in [7, 11) is 3.71. The van der Waals surface area contributed by atoms with Crippen molar-refractivity contribution in [1.82, 2.24) is 9.80 Å². The number of nitrogens with zero attached hydrogens (tertiary/aromatic N) is 2. The van der Waals surface area contributed by atoms with Gasteiger partial charge in [-0.3, -0.25) is 9.69 Å². The van der Waals surface area contributed by atoms with E-state index in [1.54, 1.807) is 7.11 Å². The highest BCUT2D eigenvalue weighted by atomic mass is 16.5. The lowest BCUT2D eigenvalue weighted by Crippen LogP contribution is -2.45. The first kappa shape index (κ1) is 17.8. The van der Waals surface area contributed by atoms with Crippen molar-refractivity contribution in [2.75, 3.05) is 27.2 Å². The molecule has 0 bridgehead atoms. The van der Waals surface area contributed by atoms with Crippen molar-refractivity contribution >= 4 is 5.91 Å². The molecule has 1 aromatic rings. The predicted molar refractivity (Wildman–Crippen MR) is 93.7 cm³/mol. The van der Waals surface area contributed by atoms with Crippen LogP contribution in [-0.4, -0.2) is 49.0 Å². The molecule has 1 amide bonds. The Labute approximate surface area is 140 Å². The summed E-state index contributed by atoms with van der Waals surface area (Å²) < 4.78 is 5.45. The van der Waals surface area contributed by atoms with Crippen LogP contribution < -0.4 is 4.74 Å². The molecule has 4 nitrogen and oxygen atoms in total. The van der Waals surface area contributed by atoms with E-state index in [9.17, 15) is 4.79 Å². The van der Waals surface area contributed by atoms with Crippen LogP contribution in [0, 0.1) is 6.92 Å². The maximum atomic E-state index is 12.8. The zero-order valence-corrected chi connectivity index (χ0v) is 15.0. The van der Waals surface area contributed by atoms with Crippen molar-refractivity contribution in [2.45, 2.75) is 52.1 Å². The molecule has 0 N–H and O–H groups in total. The molecule has 1 saturated heterocycles. The lowest BCUT2D eigenvalue weighted by molar-refractivity contribution is -0.136. The number of carbonyl (C=O) groups is 1. The third kappa shape index (κ3) is 4.71. The number of aryl methyl sites for hydroxylation is 1. The maximum absolute atomic E-state index is 12.8. The molecule has 0 unspecified atom stereocenters. The van der Waals surface area contributed by atoms with Crippen LogP contribution in [0.15, 0.2) is 18.2 Å². The number of likely N-dealkylation sites (N-methyl/N-ethyl adjacent to an activating group) is 1. The highest BCUT2D eigenvalue weighted by Gasteiger charge is 2.25. The minimum atomic E-state index is -0.113. The van der Waals surface area contributed by atoms with Gasteiger partial charge < -0.3 is 9.64 Å². The van der Waals surface area contributed by atoms with E-state index < -0.39 is 0 Å². The van der Waals surface area contributed by atoms with E-state index in [2.05, 4.69) is 17.9 Å². The number of hydrogen-bond acceptors (Lipinski definition) is 3. The average Bonchev–Trinajstić information content (AvgIpc) is 2.83. The third-order valence-electron chi connectivity index (χ3n) is 4.79. The van der Waals surface area contributed by atoms with Gasteiger partial charge in [-0.2, -0.15) is 0 Å². The SMILES string of the molecule is COc1ccc(C)cc1CN(C)[C@@H](C)C(=O)N1CCCCCC1. The maximum Gasteiger partial charge on any atom is 0.239 e. The summed E-state index contributed by atoms with van der Waals surface area (Å²) in [5.41, 5.74) is 2.34. The number of hydrogen-bond donors (Lipinski definition) is 0. The van der Waals surface area contributed by atoms with Gasteiger partial charge in [0.25, 0.3) is 0 Å². The molecular formula is C19H30N2O2. The Balaban J connectivity index is 2.02. The fourth-order valence-corrected chi connectivity index (χ4v) is 3.18. The van der Waals surface area contributed by atoms with Crippen LogP contribution >= 0.6 is 0 Å². The van der Waals surface area contributed by atoms with E-state index in [1.807, 2.05) is 31.0 Å². The fourth-order valence-electron chi connectivity index (χ4n) is 3.18. The van der Waals surface area contributed by atoms with Crippen molar-refractivity contribution < 1.29 is 9.53 Å². The van der Waals surface area contributed by atoms with Crippen LogP contribution in [-0.2, 0) is 11.3 Å². The van der Waals surface area contributed by atoms with E-state index in [0.29, 0.717) is 6.54 Å². The number of ether oxygens (including phenoxy) is 1. The van der Waals surface area contributed by atoms with Gasteiger partial charge in [0.05, 0.1) is 13.2 Å². The molecule has 1 heterocycles. The van der Waals surface area contributed by atoms with Crippen LogP contribution in [0.3, 0.4) is 0 Å². The van der Waals surface area contributed by atoms with Gasteiger partial charge in [-0.15, -0.1) is 0 Å². The second-order valence-corrected chi connectivity index (χ2v) is 6.65. The molecule has 1 atom stereocenters. The lowest BCUT2D eigenvalue weighted by atomic mass is 10.1. The van der Waals surface area contributed by atoms with Gasteiger partial charge in [-0.1, -0.05) is 30.5 Å². The number of likely N-dealkylation sites (tertiary alicyclic amines) is 1. The van der Waals surface area contributed by atoms with Gasteiger partial charge in [0.2, 0.25) is 5.91 Å². The van der Waals surface area contributed by atoms with Crippen LogP contribution in [0.4, 0.5) is 0 Å². The lowest BCUT2D eigenvalue weighted by Gasteiger charge is -2.30. The monoisotopic (exact) mass is 318 g/mol. The third-order valence-corrected chi connectivity index (χ3v) is 4.79. The molecule has 23 heavy (non-hydrogen) atoms. The Bertz CT molecular complexity index is 522. The smallest absolute Gasteiger partial charge is 0.239 e. The zero-order chi connectivity index (χ0) is 16.8. The topological polar surface area (TPSA) is 32.8 Å². The van der Waals surface area contributed by atoms with Gasteiger partial charge in [0, 0.05) is 25.2 Å². The van der Waals surface area contributed by atoms with Gasteiger partial charge in [0.15, 0.2) is 0 Å². The first-order valence-corrected chi connectivity index (χ1v) is 8.65. The van der Waals surface area contributed by atoms with Gasteiger partial charge >= 0.3 is 0 Å². The number of amides is 1. The molecular weight excluding hydrogens is 288 g/mol. The van der Waals surface area contributed by atoms with E-state index >= 15 is 0 Å². The zero-order valence-electron chi connectivity index (χ0n) is 15.0. The normalized spacial score (nSPS) is 17.0. The van der Waals surface area contributed by atoms with Crippen molar-refractivity contribution in [1.29, 1.82) is 0 Å². The second kappa shape index (κ2) is 8.34. The molecule has 128 valence electrons. The van der Waals surface area contributed by atoms with Gasteiger partial charge in [0.1, 0.15) is 5.75 Å². The van der Waals surface area contributed by atoms with Crippen molar-refractivity contribution in [3.63, 3.8) is 0 Å². The van der Waals surface area contributed by atoms with Crippen LogP contribution in [0.2, 0.25) is 0 Å². The van der Waals surface area contributed by atoms with Crippen LogP contribution in [0.5, 0.6) is 5.75 Å². The second-order valence-electron chi connectivity index (χ2n) is 6.65. The number of carbonyl (C=O) groups excluding carboxylic acids is 1. The molecule has 0 aromatic heterocycles. The molecule has 0 aliphatic carbocycles. The summed E-state index contributed by atoms with van der Waals surface area (Å²) in [6, 6.07) is 6.07. The first-order chi connectivity index (χ1) is 11.0. The van der Waals surface area contributed by atoms with Crippen LogP contribution in [0.25, 0.3) is 0 Å². The number of rotatable bonds is 5. The highest BCUT2D eigenvalue weighted by molar-refractivity contribution is 5.81. The summed E-state index contributed by atoms with van der Waals surface area (Å²) in [6.45, 7) is 6.62. The van der Waals surface area contributed by atoms with Gasteiger partial charge in [-0.25, -0.2) is 0 Å². The Morgan fingerprint density at radius 3 is 2.52 bits per heavy atom. The Morgan fingerprint density at radius 1 is 1.26 bits per heavy atom. The van der Waals surface area contributed by atoms with Gasteiger partial charge in [-0.05, 0) is 39.8 Å². The molecule has 0 saturated carbocycles. The molecule has 1 aromatic carbocycles. The molecule has 0 radical (unpaired) electrons. The van der Waals surface area contributed by atoms with E-state index in [-0.39, 0.29) is 11.9 Å². The summed E-state index contributed by atoms with van der Waals surface area (Å²) in [5, 5.41) is 0. The standard InChI is InChI=1S/C19H30N2O2/c1-15-9-10-18(23-4)17(13-15)14-20(3)16(2)19(22)21-11-7-5-6-8-12-21/h9-10,13,16H,5-8,11-12,14H2,1-4H3/t16-/m0/s1. The molecule has 2 rings (SSSR count). The Kier molecular flexibility index (Phi) is 6.46. The quantitative estimate of drug-likeness (QED) is 0.835. The van der Waals surface area contributed by atoms with E-state index in [1.165, 1.54) is 18.4 Å². The Hall–Kier alpha value is -1.55. The van der Waals surface area contributed by atoms with Crippen molar-refractivity contribution in [3.05, 3.63) is 29.3 Å². The minimum absolute atomic E-state index is 0.113. The summed E-state index contributed by atoms with van der Waals surface area (Å²) in [4.78, 5) is 16.9. The van der Waals surface area contributed by atoms with E-state index in [0.717, 1.165) is 37.2 Å². The summed E-state index contributed by atoms with van der Waals surface area (Å²) in [6.07, 6.45) is 4.75. The Morgan fingerprint density at radius 2 is 1.91 bits per heavy atom. The molecule has 4 heteroatoms. The fraction of sp³-hybridized carbons (Fsp3) is 0.632. The van der Waals surface area contributed by atoms with Crippen molar-refractivity contribution in [2.24, 2.45) is 0 Å². The molecule has 1 fully saturated rings. The van der Waals surface area contributed by atoms with Crippen molar-refractivity contribution in [3.8, 4) is 5.75 Å². The average molecular weight is 318 g/mol. The van der Waals surface area contributed by atoms with Crippen LogP contribution in [0.1, 0.15) is 43.7 Å². The first-order valence-electron chi connectivity index (χ1n) is 8.65. The molecule has 1 aliphatic rings. The minimum Gasteiger partial charge on any atom is -0.496 e. The number of benzene rings is 1. The predicted octanol–water partition coefficient (Wildman–Crippen LogP) is 3.23. The highest BCUT2D eigenvalue weighted by Crippen LogP contribution is 2.22. The summed E-state index contributed by atoms with van der Waals surface area (Å²) >= 11 is 0. The molecule has 1 aliphatic heterocycles.